The van der Waals surface area contributed by atoms with E-state index in [-0.39, 0.29) is 18.9 Å². The average Bonchev–Trinajstić information content (AvgIpc) is 2.78. The van der Waals surface area contributed by atoms with Gasteiger partial charge in [0.2, 0.25) is 5.82 Å². The first kappa shape index (κ1) is 14.0. The lowest BCUT2D eigenvalue weighted by Gasteiger charge is -2.35. The summed E-state index contributed by atoms with van der Waals surface area (Å²) in [6.07, 6.45) is -4.05. The summed E-state index contributed by atoms with van der Waals surface area (Å²) in [4.78, 5) is 1.31. The molecule has 2 aromatic rings. The molecule has 7 heteroatoms. The largest absolute Gasteiger partial charge is 0.391 e. The molecule has 0 radical (unpaired) electrons. The highest BCUT2D eigenvalue weighted by atomic mass is 19.4. The zero-order valence-corrected chi connectivity index (χ0v) is 11.7. The van der Waals surface area contributed by atoms with Crippen molar-refractivity contribution in [2.75, 3.05) is 0 Å². The number of benzene rings is 1. The van der Waals surface area contributed by atoms with Gasteiger partial charge in [0.25, 0.3) is 0 Å². The quantitative estimate of drug-likeness (QED) is 0.852. The van der Waals surface area contributed by atoms with E-state index in [1.807, 2.05) is 32.0 Å². The number of tetrazole rings is 1. The van der Waals surface area contributed by atoms with E-state index in [0.29, 0.717) is 5.82 Å². The summed E-state index contributed by atoms with van der Waals surface area (Å²) < 4.78 is 37.4. The van der Waals surface area contributed by atoms with E-state index in [0.717, 1.165) is 16.7 Å². The number of aryl methyl sites for hydroxylation is 2. The lowest BCUT2D eigenvalue weighted by molar-refractivity contribution is -0.203. The van der Waals surface area contributed by atoms with E-state index in [1.165, 1.54) is 4.80 Å². The molecule has 0 spiro atoms. The van der Waals surface area contributed by atoms with Crippen LogP contribution in [0.3, 0.4) is 0 Å². The van der Waals surface area contributed by atoms with Gasteiger partial charge in [-0.3, -0.25) is 0 Å². The molecular formula is C14H15F3N4. The Bertz CT molecular complexity index is 656. The molecule has 0 atom stereocenters. The van der Waals surface area contributed by atoms with E-state index in [2.05, 4.69) is 15.4 Å². The van der Waals surface area contributed by atoms with Crippen molar-refractivity contribution < 1.29 is 13.2 Å². The lowest BCUT2D eigenvalue weighted by atomic mass is 9.80. The lowest BCUT2D eigenvalue weighted by Crippen LogP contribution is -2.37. The van der Waals surface area contributed by atoms with Crippen LogP contribution >= 0.6 is 0 Å². The predicted molar refractivity (Wildman–Crippen MR) is 70.5 cm³/mol. The molecule has 1 aromatic heterocycles. The van der Waals surface area contributed by atoms with E-state index < -0.39 is 12.1 Å². The molecule has 1 aliphatic carbocycles. The van der Waals surface area contributed by atoms with Crippen LogP contribution in [0.5, 0.6) is 0 Å². The average molecular weight is 296 g/mol. The van der Waals surface area contributed by atoms with Gasteiger partial charge in [-0.15, -0.1) is 10.2 Å². The molecule has 0 saturated heterocycles. The van der Waals surface area contributed by atoms with Gasteiger partial charge in [-0.1, -0.05) is 12.1 Å². The fourth-order valence-electron chi connectivity index (χ4n) is 2.42. The van der Waals surface area contributed by atoms with Crippen molar-refractivity contribution in [2.45, 2.75) is 38.9 Å². The van der Waals surface area contributed by atoms with E-state index in [4.69, 9.17) is 0 Å². The molecule has 1 aliphatic rings. The van der Waals surface area contributed by atoms with Crippen LogP contribution in [0.1, 0.15) is 30.0 Å². The standard InChI is InChI=1S/C14H15F3N4/c1-8-3-4-10(5-9(8)2)13-18-20-21(19-13)12-6-11(7-12)14(15,16)17/h3-5,11-12H,6-7H2,1-2H3/t11-,12+. The molecule has 1 saturated carbocycles. The molecule has 1 aromatic carbocycles. The molecule has 4 nitrogen and oxygen atoms in total. The van der Waals surface area contributed by atoms with Crippen molar-refractivity contribution >= 4 is 0 Å². The molecule has 21 heavy (non-hydrogen) atoms. The second kappa shape index (κ2) is 4.82. The molecule has 3 rings (SSSR count). The minimum Gasteiger partial charge on any atom is -0.171 e. The van der Waals surface area contributed by atoms with Gasteiger partial charge < -0.3 is 0 Å². The Morgan fingerprint density at radius 3 is 2.48 bits per heavy atom. The minimum atomic E-state index is -4.12. The summed E-state index contributed by atoms with van der Waals surface area (Å²) in [5.74, 6) is -0.785. The predicted octanol–water partition coefficient (Wildman–Crippen LogP) is 3.47. The molecule has 1 heterocycles. The van der Waals surface area contributed by atoms with E-state index in [9.17, 15) is 13.2 Å². The van der Waals surface area contributed by atoms with Crippen LogP contribution in [0.4, 0.5) is 13.2 Å². The molecule has 0 bridgehead atoms. The first-order chi connectivity index (χ1) is 9.84. The van der Waals surface area contributed by atoms with Gasteiger partial charge in [0.1, 0.15) is 0 Å². The zero-order valence-electron chi connectivity index (χ0n) is 11.7. The maximum Gasteiger partial charge on any atom is 0.391 e. The Kier molecular flexibility index (Phi) is 3.22. The van der Waals surface area contributed by atoms with Crippen LogP contribution in [0.25, 0.3) is 11.4 Å². The SMILES string of the molecule is Cc1ccc(-c2nnn([C@H]3C[C@@H](C(F)(F)F)C3)n2)cc1C. The van der Waals surface area contributed by atoms with Crippen molar-refractivity contribution in [3.05, 3.63) is 29.3 Å². The van der Waals surface area contributed by atoms with Crippen LogP contribution < -0.4 is 0 Å². The molecule has 1 fully saturated rings. The number of halogens is 3. The Balaban J connectivity index is 1.74. The monoisotopic (exact) mass is 296 g/mol. The van der Waals surface area contributed by atoms with Gasteiger partial charge in [0.15, 0.2) is 0 Å². The van der Waals surface area contributed by atoms with Crippen molar-refractivity contribution in [2.24, 2.45) is 5.92 Å². The minimum absolute atomic E-state index is 0.0340. The van der Waals surface area contributed by atoms with Gasteiger partial charge in [-0.2, -0.15) is 18.0 Å². The maximum atomic E-state index is 12.5. The van der Waals surface area contributed by atoms with Gasteiger partial charge in [-0.05, 0) is 49.1 Å². The number of nitrogens with zero attached hydrogens (tertiary/aromatic N) is 4. The highest BCUT2D eigenvalue weighted by Gasteiger charge is 2.49. The summed E-state index contributed by atoms with van der Waals surface area (Å²) in [5, 5.41) is 12.1. The van der Waals surface area contributed by atoms with E-state index >= 15 is 0 Å². The summed E-state index contributed by atoms with van der Waals surface area (Å²) in [7, 11) is 0. The zero-order chi connectivity index (χ0) is 15.2. The number of hydrogen-bond donors (Lipinski definition) is 0. The highest BCUT2D eigenvalue weighted by Crippen LogP contribution is 2.46. The maximum absolute atomic E-state index is 12.5. The molecule has 0 amide bonds. The van der Waals surface area contributed by atoms with Crippen molar-refractivity contribution in [3.63, 3.8) is 0 Å². The van der Waals surface area contributed by atoms with Crippen molar-refractivity contribution in [1.29, 1.82) is 0 Å². The Labute approximate surface area is 120 Å². The third-order valence-electron chi connectivity index (χ3n) is 4.10. The van der Waals surface area contributed by atoms with Crippen LogP contribution in [-0.4, -0.2) is 26.4 Å². The molecule has 0 aliphatic heterocycles. The van der Waals surface area contributed by atoms with Crippen LogP contribution in [-0.2, 0) is 0 Å². The van der Waals surface area contributed by atoms with Gasteiger partial charge in [0.05, 0.1) is 12.0 Å². The Hall–Kier alpha value is -1.92. The summed E-state index contributed by atoms with van der Waals surface area (Å²) in [5.41, 5.74) is 3.11. The number of alkyl halides is 3. The first-order valence-corrected chi connectivity index (χ1v) is 6.78. The van der Waals surface area contributed by atoms with Crippen molar-refractivity contribution in [1.82, 2.24) is 20.2 Å². The number of hydrogen-bond acceptors (Lipinski definition) is 3. The van der Waals surface area contributed by atoms with Gasteiger partial charge in [-0.25, -0.2) is 0 Å². The first-order valence-electron chi connectivity index (χ1n) is 6.78. The second-order valence-corrected chi connectivity index (χ2v) is 5.60. The fourth-order valence-corrected chi connectivity index (χ4v) is 2.42. The second-order valence-electron chi connectivity index (χ2n) is 5.60. The van der Waals surface area contributed by atoms with Gasteiger partial charge in [0, 0.05) is 5.56 Å². The molecule has 0 unspecified atom stereocenters. The van der Waals surface area contributed by atoms with Crippen LogP contribution in [0.15, 0.2) is 18.2 Å². The third kappa shape index (κ3) is 2.64. The van der Waals surface area contributed by atoms with Crippen LogP contribution in [0, 0.1) is 19.8 Å². The summed E-state index contributed by atoms with van der Waals surface area (Å²) >= 11 is 0. The fraction of sp³-hybridized carbons (Fsp3) is 0.500. The molecule has 112 valence electrons. The van der Waals surface area contributed by atoms with Gasteiger partial charge >= 0.3 is 6.18 Å². The number of aromatic nitrogens is 4. The highest BCUT2D eigenvalue weighted by molar-refractivity contribution is 5.56. The number of rotatable bonds is 2. The smallest absolute Gasteiger partial charge is 0.171 e. The molecular weight excluding hydrogens is 281 g/mol. The summed E-state index contributed by atoms with van der Waals surface area (Å²) in [6, 6.07) is 5.51. The molecule has 0 N–H and O–H groups in total. The topological polar surface area (TPSA) is 43.6 Å². The summed E-state index contributed by atoms with van der Waals surface area (Å²) in [6.45, 7) is 4.00. The van der Waals surface area contributed by atoms with E-state index in [1.54, 1.807) is 0 Å². The van der Waals surface area contributed by atoms with Crippen molar-refractivity contribution in [3.8, 4) is 11.4 Å². The van der Waals surface area contributed by atoms with Crippen LogP contribution in [0.2, 0.25) is 0 Å². The Morgan fingerprint density at radius 2 is 1.86 bits per heavy atom. The normalized spacial score (nSPS) is 22.1. The third-order valence-corrected chi connectivity index (χ3v) is 4.10. The Morgan fingerprint density at radius 1 is 1.14 bits per heavy atom.